The van der Waals surface area contributed by atoms with Gasteiger partial charge in [0.25, 0.3) is 5.91 Å². The minimum Gasteiger partial charge on any atom is -0.493 e. The average molecular weight is 385 g/mol. The predicted octanol–water partition coefficient (Wildman–Crippen LogP) is 5.12. The van der Waals surface area contributed by atoms with Gasteiger partial charge < -0.3 is 4.74 Å². The number of benzene rings is 2. The smallest absolute Gasteiger partial charge is 0.263 e. The zero-order chi connectivity index (χ0) is 19.2. The summed E-state index contributed by atoms with van der Waals surface area (Å²) in [5.41, 5.74) is 0.601. The molecule has 0 aliphatic heterocycles. The monoisotopic (exact) mass is 384 g/mol. The van der Waals surface area contributed by atoms with Gasteiger partial charge in [-0.1, -0.05) is 35.9 Å². The molecule has 27 heavy (non-hydrogen) atoms. The summed E-state index contributed by atoms with van der Waals surface area (Å²) in [5.74, 6) is 0.0325. The molecule has 0 saturated carbocycles. The third-order valence-corrected chi connectivity index (χ3v) is 4.32. The Labute approximate surface area is 162 Å². The Kier molecular flexibility index (Phi) is 6.04. The lowest BCUT2D eigenvalue weighted by molar-refractivity contribution is 0.0980. The van der Waals surface area contributed by atoms with Gasteiger partial charge in [0.2, 0.25) is 0 Å². The van der Waals surface area contributed by atoms with Gasteiger partial charge in [-0.25, -0.2) is 9.37 Å². The van der Waals surface area contributed by atoms with Crippen molar-refractivity contribution in [3.8, 4) is 5.75 Å². The van der Waals surface area contributed by atoms with Crippen LogP contribution in [0.25, 0.3) is 0 Å². The van der Waals surface area contributed by atoms with Crippen molar-refractivity contribution in [2.45, 2.75) is 13.5 Å². The SMILES string of the molecule is CCOc1ccccc1C(=O)N(Cc1c(F)cccc1Cl)c1ccccn1. The van der Waals surface area contributed by atoms with Gasteiger partial charge in [-0.3, -0.25) is 9.69 Å². The maximum atomic E-state index is 14.3. The van der Waals surface area contributed by atoms with Crippen LogP contribution in [0.5, 0.6) is 5.75 Å². The molecule has 138 valence electrons. The first kappa shape index (κ1) is 18.9. The Hall–Kier alpha value is -2.92. The second-order valence-electron chi connectivity index (χ2n) is 5.71. The van der Waals surface area contributed by atoms with E-state index in [1.54, 1.807) is 54.7 Å². The number of carbonyl (C=O) groups excluding carboxylic acids is 1. The molecule has 1 aromatic heterocycles. The lowest BCUT2D eigenvalue weighted by Gasteiger charge is -2.23. The van der Waals surface area contributed by atoms with Crippen LogP contribution in [-0.2, 0) is 6.54 Å². The van der Waals surface area contributed by atoms with Crippen LogP contribution < -0.4 is 9.64 Å². The molecule has 3 aromatic rings. The van der Waals surface area contributed by atoms with Gasteiger partial charge in [0.15, 0.2) is 0 Å². The molecule has 1 heterocycles. The van der Waals surface area contributed by atoms with Crippen LogP contribution in [0.2, 0.25) is 5.02 Å². The summed E-state index contributed by atoms with van der Waals surface area (Å²) in [6, 6.07) is 16.6. The fourth-order valence-electron chi connectivity index (χ4n) is 2.68. The fourth-order valence-corrected chi connectivity index (χ4v) is 2.90. The number of halogens is 2. The fraction of sp³-hybridized carbons (Fsp3) is 0.143. The van der Waals surface area contributed by atoms with Gasteiger partial charge in [-0.05, 0) is 43.3 Å². The lowest BCUT2D eigenvalue weighted by Crippen LogP contribution is -2.32. The quantitative estimate of drug-likeness (QED) is 0.592. The molecule has 4 nitrogen and oxygen atoms in total. The number of rotatable bonds is 6. The number of carbonyl (C=O) groups is 1. The summed E-state index contributed by atoms with van der Waals surface area (Å²) in [7, 11) is 0. The summed E-state index contributed by atoms with van der Waals surface area (Å²) in [6.45, 7) is 2.21. The summed E-state index contributed by atoms with van der Waals surface area (Å²) in [6.07, 6.45) is 1.58. The molecule has 0 saturated heterocycles. The summed E-state index contributed by atoms with van der Waals surface area (Å²) in [4.78, 5) is 19.0. The third-order valence-electron chi connectivity index (χ3n) is 3.97. The molecule has 3 rings (SSSR count). The van der Waals surface area contributed by atoms with Crippen molar-refractivity contribution < 1.29 is 13.9 Å². The second-order valence-corrected chi connectivity index (χ2v) is 6.12. The maximum Gasteiger partial charge on any atom is 0.263 e. The molecule has 0 aliphatic carbocycles. The van der Waals surface area contributed by atoms with Gasteiger partial charge >= 0.3 is 0 Å². The number of aromatic nitrogens is 1. The van der Waals surface area contributed by atoms with Crippen molar-refractivity contribution in [2.75, 3.05) is 11.5 Å². The van der Waals surface area contributed by atoms with E-state index >= 15 is 0 Å². The highest BCUT2D eigenvalue weighted by atomic mass is 35.5. The van der Waals surface area contributed by atoms with Crippen LogP contribution in [0.15, 0.2) is 66.9 Å². The van der Waals surface area contributed by atoms with E-state index in [9.17, 15) is 9.18 Å². The van der Waals surface area contributed by atoms with E-state index in [1.165, 1.54) is 17.0 Å². The van der Waals surface area contributed by atoms with Crippen molar-refractivity contribution in [2.24, 2.45) is 0 Å². The lowest BCUT2D eigenvalue weighted by atomic mass is 10.1. The Morgan fingerprint density at radius 1 is 1.11 bits per heavy atom. The first-order valence-corrected chi connectivity index (χ1v) is 8.87. The van der Waals surface area contributed by atoms with E-state index in [4.69, 9.17) is 16.3 Å². The normalized spacial score (nSPS) is 10.5. The van der Waals surface area contributed by atoms with Crippen molar-refractivity contribution in [1.82, 2.24) is 4.98 Å². The molecule has 1 amide bonds. The zero-order valence-electron chi connectivity index (χ0n) is 14.7. The van der Waals surface area contributed by atoms with E-state index in [2.05, 4.69) is 4.98 Å². The Bertz CT molecular complexity index is 914. The Morgan fingerprint density at radius 3 is 2.59 bits per heavy atom. The highest BCUT2D eigenvalue weighted by Crippen LogP contribution is 2.27. The number of nitrogens with zero attached hydrogens (tertiary/aromatic N) is 2. The molecule has 6 heteroatoms. The Morgan fingerprint density at radius 2 is 1.89 bits per heavy atom. The first-order chi connectivity index (χ1) is 13.1. The van der Waals surface area contributed by atoms with Gasteiger partial charge in [-0.15, -0.1) is 0 Å². The molecule has 0 bridgehead atoms. The van der Waals surface area contributed by atoms with Gasteiger partial charge in [-0.2, -0.15) is 0 Å². The molecule has 0 fully saturated rings. The molecular formula is C21H18ClFN2O2. The zero-order valence-corrected chi connectivity index (χ0v) is 15.5. The topological polar surface area (TPSA) is 42.4 Å². The van der Waals surface area contributed by atoms with Gasteiger partial charge in [0.1, 0.15) is 17.4 Å². The number of hydrogen-bond acceptors (Lipinski definition) is 3. The van der Waals surface area contributed by atoms with Crippen LogP contribution in [0.3, 0.4) is 0 Å². The summed E-state index contributed by atoms with van der Waals surface area (Å²) < 4.78 is 19.9. The number of ether oxygens (including phenoxy) is 1. The minimum atomic E-state index is -0.477. The summed E-state index contributed by atoms with van der Waals surface area (Å²) >= 11 is 6.17. The summed E-state index contributed by atoms with van der Waals surface area (Å²) in [5, 5.41) is 0.252. The molecule has 0 N–H and O–H groups in total. The molecular weight excluding hydrogens is 367 g/mol. The van der Waals surface area contributed by atoms with Crippen molar-refractivity contribution in [3.05, 3.63) is 88.8 Å². The average Bonchev–Trinajstić information content (AvgIpc) is 2.69. The van der Waals surface area contributed by atoms with Crippen LogP contribution in [0.4, 0.5) is 10.2 Å². The van der Waals surface area contributed by atoms with Crippen molar-refractivity contribution in [3.63, 3.8) is 0 Å². The molecule has 0 atom stereocenters. The van der Waals surface area contributed by atoms with Crippen LogP contribution >= 0.6 is 11.6 Å². The number of anilines is 1. The van der Waals surface area contributed by atoms with Gasteiger partial charge in [0, 0.05) is 16.8 Å². The second kappa shape index (κ2) is 8.64. The van der Waals surface area contributed by atoms with E-state index in [0.29, 0.717) is 23.7 Å². The van der Waals surface area contributed by atoms with Crippen molar-refractivity contribution >= 4 is 23.3 Å². The number of para-hydroxylation sites is 1. The minimum absolute atomic E-state index is 0.0538. The van der Waals surface area contributed by atoms with E-state index < -0.39 is 5.82 Å². The Balaban J connectivity index is 2.05. The third kappa shape index (κ3) is 4.26. The van der Waals surface area contributed by atoms with Gasteiger partial charge in [0.05, 0.1) is 18.7 Å². The molecule has 0 spiro atoms. The van der Waals surface area contributed by atoms with Crippen LogP contribution in [0.1, 0.15) is 22.8 Å². The molecule has 0 unspecified atom stereocenters. The highest BCUT2D eigenvalue weighted by Gasteiger charge is 2.24. The highest BCUT2D eigenvalue weighted by molar-refractivity contribution is 6.31. The standard InChI is InChI=1S/C21H18ClFN2O2/c1-2-27-19-11-4-3-8-15(19)21(26)25(20-12-5-6-13-24-20)14-16-17(22)9-7-10-18(16)23/h3-13H,2,14H2,1H3. The van der Waals surface area contributed by atoms with Crippen LogP contribution in [-0.4, -0.2) is 17.5 Å². The first-order valence-electron chi connectivity index (χ1n) is 8.49. The largest absolute Gasteiger partial charge is 0.493 e. The number of hydrogen-bond donors (Lipinski definition) is 0. The number of amides is 1. The molecule has 0 aliphatic rings. The molecule has 0 radical (unpaired) electrons. The van der Waals surface area contributed by atoms with E-state index in [0.717, 1.165) is 0 Å². The number of pyridine rings is 1. The maximum absolute atomic E-state index is 14.3. The van der Waals surface area contributed by atoms with Crippen molar-refractivity contribution in [1.29, 1.82) is 0 Å². The van der Waals surface area contributed by atoms with E-state index in [-0.39, 0.29) is 23.0 Å². The predicted molar refractivity (Wildman–Crippen MR) is 104 cm³/mol. The van der Waals surface area contributed by atoms with E-state index in [1.807, 2.05) is 6.92 Å². The van der Waals surface area contributed by atoms with Crippen LogP contribution in [0, 0.1) is 5.82 Å². The molecule has 2 aromatic carbocycles.